The molecular weight excluding hydrogens is 242 g/mol. The molecule has 2 aromatic rings. The summed E-state index contributed by atoms with van der Waals surface area (Å²) in [5.41, 5.74) is 0.888. The normalized spacial score (nSPS) is 12.3. The molecule has 1 aromatic heterocycles. The van der Waals surface area contributed by atoms with Crippen LogP contribution in [-0.2, 0) is 4.79 Å². The first-order valence-electron chi connectivity index (χ1n) is 6.28. The van der Waals surface area contributed by atoms with Crippen molar-refractivity contribution in [2.75, 3.05) is 5.32 Å². The first kappa shape index (κ1) is 13.3. The zero-order valence-electron chi connectivity index (χ0n) is 11.1. The Kier molecular flexibility index (Phi) is 3.94. The maximum absolute atomic E-state index is 10.6. The van der Waals surface area contributed by atoms with Gasteiger partial charge in [0.15, 0.2) is 5.82 Å². The number of anilines is 1. The van der Waals surface area contributed by atoms with E-state index in [4.69, 9.17) is 5.11 Å². The molecule has 100 valence electrons. The number of hydrogen-bond donors (Lipinski definition) is 2. The second kappa shape index (κ2) is 5.65. The number of hydrogen-bond acceptors (Lipinski definition) is 4. The van der Waals surface area contributed by atoms with Gasteiger partial charge in [-0.25, -0.2) is 0 Å². The van der Waals surface area contributed by atoms with Crippen molar-refractivity contribution >= 4 is 22.6 Å². The van der Waals surface area contributed by atoms with Crippen LogP contribution in [0.2, 0.25) is 0 Å². The molecule has 2 rings (SSSR count). The van der Waals surface area contributed by atoms with E-state index in [0.717, 1.165) is 16.5 Å². The summed E-state index contributed by atoms with van der Waals surface area (Å²) in [5.74, 6) is -0.0763. The molecule has 0 saturated carbocycles. The Hall–Kier alpha value is -2.17. The van der Waals surface area contributed by atoms with Crippen molar-refractivity contribution in [1.29, 1.82) is 0 Å². The lowest BCUT2D eigenvalue weighted by Crippen LogP contribution is -2.18. The van der Waals surface area contributed by atoms with Gasteiger partial charge in [-0.05, 0) is 20.3 Å². The van der Waals surface area contributed by atoms with E-state index in [1.54, 1.807) is 0 Å². The van der Waals surface area contributed by atoms with Crippen LogP contribution in [0.1, 0.15) is 25.5 Å². The van der Waals surface area contributed by atoms with Crippen LogP contribution in [-0.4, -0.2) is 27.3 Å². The highest BCUT2D eigenvalue weighted by Gasteiger charge is 2.10. The van der Waals surface area contributed by atoms with Crippen molar-refractivity contribution < 1.29 is 9.90 Å². The minimum Gasteiger partial charge on any atom is -0.481 e. The largest absolute Gasteiger partial charge is 0.481 e. The fraction of sp³-hybridized carbons (Fsp3) is 0.357. The van der Waals surface area contributed by atoms with Crippen LogP contribution >= 0.6 is 0 Å². The van der Waals surface area contributed by atoms with Gasteiger partial charge in [0.1, 0.15) is 0 Å². The van der Waals surface area contributed by atoms with Gasteiger partial charge in [-0.3, -0.25) is 4.79 Å². The smallest absolute Gasteiger partial charge is 0.303 e. The molecular formula is C14H17N3O2. The van der Waals surface area contributed by atoms with Gasteiger partial charge in [0.05, 0.1) is 5.69 Å². The van der Waals surface area contributed by atoms with E-state index in [-0.39, 0.29) is 12.5 Å². The maximum atomic E-state index is 10.6. The summed E-state index contributed by atoms with van der Waals surface area (Å²) in [6.45, 7) is 3.87. The lowest BCUT2D eigenvalue weighted by Gasteiger charge is -2.15. The van der Waals surface area contributed by atoms with Crippen LogP contribution in [0.5, 0.6) is 0 Å². The predicted octanol–water partition coefficient (Wildman–Crippen LogP) is 2.60. The van der Waals surface area contributed by atoms with Crippen LogP contribution in [0, 0.1) is 6.92 Å². The van der Waals surface area contributed by atoms with Crippen molar-refractivity contribution in [2.45, 2.75) is 32.7 Å². The molecule has 1 unspecified atom stereocenters. The predicted molar refractivity (Wildman–Crippen MR) is 74.2 cm³/mol. The van der Waals surface area contributed by atoms with Crippen LogP contribution in [0.3, 0.4) is 0 Å². The Bertz CT molecular complexity index is 598. The topological polar surface area (TPSA) is 75.1 Å². The molecule has 2 N–H and O–H groups in total. The standard InChI is InChI=1S/C14H17N3O2/c1-9(7-8-13(18)19)15-14-12-6-4-3-5-11(12)10(2)16-17-14/h3-6,9H,7-8H2,1-2H3,(H,15,17)(H,18,19). The van der Waals surface area contributed by atoms with Gasteiger partial charge in [-0.1, -0.05) is 24.3 Å². The van der Waals surface area contributed by atoms with Crippen LogP contribution in [0.15, 0.2) is 24.3 Å². The number of rotatable bonds is 5. The van der Waals surface area contributed by atoms with Gasteiger partial charge in [-0.2, -0.15) is 5.10 Å². The number of benzene rings is 1. The molecule has 0 radical (unpaired) electrons. The summed E-state index contributed by atoms with van der Waals surface area (Å²) in [7, 11) is 0. The number of carboxylic acids is 1. The summed E-state index contributed by atoms with van der Waals surface area (Å²) < 4.78 is 0. The van der Waals surface area contributed by atoms with E-state index in [1.807, 2.05) is 38.1 Å². The molecule has 1 heterocycles. The molecule has 0 amide bonds. The van der Waals surface area contributed by atoms with Gasteiger partial charge in [0.25, 0.3) is 0 Å². The molecule has 0 aliphatic carbocycles. The third-order valence-corrected chi connectivity index (χ3v) is 3.05. The SMILES string of the molecule is Cc1nnc(NC(C)CCC(=O)O)c2ccccc12. The highest BCUT2D eigenvalue weighted by atomic mass is 16.4. The van der Waals surface area contributed by atoms with Crippen LogP contribution in [0.4, 0.5) is 5.82 Å². The van der Waals surface area contributed by atoms with Crippen molar-refractivity contribution in [3.05, 3.63) is 30.0 Å². The third kappa shape index (κ3) is 3.19. The number of carboxylic acid groups (broad SMARTS) is 1. The third-order valence-electron chi connectivity index (χ3n) is 3.05. The van der Waals surface area contributed by atoms with Gasteiger partial charge >= 0.3 is 5.97 Å². The van der Waals surface area contributed by atoms with E-state index in [0.29, 0.717) is 12.2 Å². The molecule has 0 fully saturated rings. The van der Waals surface area contributed by atoms with E-state index >= 15 is 0 Å². The molecule has 0 spiro atoms. The van der Waals surface area contributed by atoms with Crippen molar-refractivity contribution in [1.82, 2.24) is 10.2 Å². The van der Waals surface area contributed by atoms with Crippen molar-refractivity contribution in [3.8, 4) is 0 Å². The number of aromatic nitrogens is 2. The Morgan fingerprint density at radius 2 is 2.00 bits per heavy atom. The number of aliphatic carboxylic acids is 1. The lowest BCUT2D eigenvalue weighted by molar-refractivity contribution is -0.137. The zero-order valence-corrected chi connectivity index (χ0v) is 11.1. The lowest BCUT2D eigenvalue weighted by atomic mass is 10.1. The zero-order chi connectivity index (χ0) is 13.8. The number of fused-ring (bicyclic) bond motifs is 1. The highest BCUT2D eigenvalue weighted by molar-refractivity contribution is 5.92. The summed E-state index contributed by atoms with van der Waals surface area (Å²) in [4.78, 5) is 10.6. The fourth-order valence-corrected chi connectivity index (χ4v) is 1.99. The van der Waals surface area contributed by atoms with E-state index in [9.17, 15) is 4.79 Å². The second-order valence-electron chi connectivity index (χ2n) is 4.66. The molecule has 0 aliphatic heterocycles. The molecule has 19 heavy (non-hydrogen) atoms. The summed E-state index contributed by atoms with van der Waals surface area (Å²) in [6, 6.07) is 7.96. The minimum absolute atomic E-state index is 0.0384. The Morgan fingerprint density at radius 3 is 2.68 bits per heavy atom. The molecule has 0 aliphatic rings. The first-order chi connectivity index (χ1) is 9.08. The maximum Gasteiger partial charge on any atom is 0.303 e. The summed E-state index contributed by atoms with van der Waals surface area (Å²) in [6.07, 6.45) is 0.699. The molecule has 5 heteroatoms. The molecule has 5 nitrogen and oxygen atoms in total. The average molecular weight is 259 g/mol. The molecule has 0 bridgehead atoms. The molecule has 1 aromatic carbocycles. The van der Waals surface area contributed by atoms with E-state index in [1.165, 1.54) is 0 Å². The minimum atomic E-state index is -0.784. The second-order valence-corrected chi connectivity index (χ2v) is 4.66. The number of carbonyl (C=O) groups is 1. The molecule has 0 saturated heterocycles. The molecule has 1 atom stereocenters. The Morgan fingerprint density at radius 1 is 1.32 bits per heavy atom. The van der Waals surface area contributed by atoms with Crippen molar-refractivity contribution in [3.63, 3.8) is 0 Å². The number of nitrogens with one attached hydrogen (secondary N) is 1. The first-order valence-corrected chi connectivity index (χ1v) is 6.28. The highest BCUT2D eigenvalue weighted by Crippen LogP contribution is 2.23. The van der Waals surface area contributed by atoms with Crippen LogP contribution in [0.25, 0.3) is 10.8 Å². The van der Waals surface area contributed by atoms with Crippen molar-refractivity contribution in [2.24, 2.45) is 0 Å². The number of aryl methyl sites for hydroxylation is 1. The van der Waals surface area contributed by atoms with Gasteiger partial charge < -0.3 is 10.4 Å². The Balaban J connectivity index is 2.21. The van der Waals surface area contributed by atoms with Gasteiger partial charge in [-0.15, -0.1) is 5.10 Å². The quantitative estimate of drug-likeness (QED) is 0.863. The van der Waals surface area contributed by atoms with Gasteiger partial charge in [0.2, 0.25) is 0 Å². The monoisotopic (exact) mass is 259 g/mol. The summed E-state index contributed by atoms with van der Waals surface area (Å²) >= 11 is 0. The average Bonchev–Trinajstić information content (AvgIpc) is 2.40. The summed E-state index contributed by atoms with van der Waals surface area (Å²) in [5, 5.41) is 22.3. The van der Waals surface area contributed by atoms with E-state index < -0.39 is 5.97 Å². The fourth-order valence-electron chi connectivity index (χ4n) is 1.99. The number of nitrogens with zero attached hydrogens (tertiary/aromatic N) is 2. The van der Waals surface area contributed by atoms with Crippen LogP contribution < -0.4 is 5.32 Å². The Labute approximate surface area is 111 Å². The van der Waals surface area contributed by atoms with E-state index in [2.05, 4.69) is 15.5 Å². The van der Waals surface area contributed by atoms with Gasteiger partial charge in [0, 0.05) is 23.2 Å².